The molecule has 0 heterocycles. The zero-order valence-corrected chi connectivity index (χ0v) is 10.5. The van der Waals surface area contributed by atoms with Crippen molar-refractivity contribution in [3.05, 3.63) is 22.2 Å². The molecule has 1 atom stereocenters. The smallest absolute Gasteiger partial charge is 0.161 e. The van der Waals surface area contributed by atoms with E-state index < -0.39 is 0 Å². The van der Waals surface area contributed by atoms with Gasteiger partial charge in [-0.15, -0.1) is 0 Å². The van der Waals surface area contributed by atoms with Gasteiger partial charge in [0.1, 0.15) is 0 Å². The highest BCUT2D eigenvalue weighted by atomic mass is 79.9. The lowest BCUT2D eigenvalue weighted by molar-refractivity contribution is 0.369. The van der Waals surface area contributed by atoms with Crippen LogP contribution in [0.2, 0.25) is 0 Å². The molecule has 0 aliphatic rings. The average Bonchev–Trinajstić information content (AvgIpc) is 2.22. The normalized spacial score (nSPS) is 12.5. The van der Waals surface area contributed by atoms with Gasteiger partial charge < -0.3 is 15.6 Å². The van der Waals surface area contributed by atoms with Crippen molar-refractivity contribution in [1.29, 1.82) is 0 Å². The van der Waals surface area contributed by atoms with Gasteiger partial charge in [-0.3, -0.25) is 0 Å². The first-order valence-electron chi connectivity index (χ1n) is 4.89. The standard InChI is InChI=1S/C11H16BrNO2/c1-3-9(13)5-7-4-8(12)6-10(15-2)11(7)14/h4,6,9,14H,3,5,13H2,1-2H3. The molecule has 3 nitrogen and oxygen atoms in total. The van der Waals surface area contributed by atoms with Crippen molar-refractivity contribution >= 4 is 15.9 Å². The van der Waals surface area contributed by atoms with Gasteiger partial charge in [-0.05, 0) is 25.0 Å². The second-order valence-electron chi connectivity index (χ2n) is 3.49. The maximum atomic E-state index is 9.86. The monoisotopic (exact) mass is 273 g/mol. The van der Waals surface area contributed by atoms with Crippen LogP contribution in [0.3, 0.4) is 0 Å². The van der Waals surface area contributed by atoms with Crippen LogP contribution in [-0.2, 0) is 6.42 Å². The average molecular weight is 274 g/mol. The van der Waals surface area contributed by atoms with Crippen molar-refractivity contribution in [3.8, 4) is 11.5 Å². The maximum absolute atomic E-state index is 9.86. The molecule has 0 saturated heterocycles. The largest absolute Gasteiger partial charge is 0.504 e. The third-order valence-corrected chi connectivity index (χ3v) is 2.80. The van der Waals surface area contributed by atoms with Gasteiger partial charge in [-0.1, -0.05) is 22.9 Å². The molecule has 0 aromatic heterocycles. The summed E-state index contributed by atoms with van der Waals surface area (Å²) in [5, 5.41) is 9.86. The summed E-state index contributed by atoms with van der Waals surface area (Å²) in [5.41, 5.74) is 6.66. The first-order valence-corrected chi connectivity index (χ1v) is 5.68. The number of phenols is 1. The Bertz CT molecular complexity index is 342. The van der Waals surface area contributed by atoms with E-state index in [2.05, 4.69) is 15.9 Å². The van der Waals surface area contributed by atoms with Crippen molar-refractivity contribution in [2.24, 2.45) is 5.73 Å². The molecular weight excluding hydrogens is 258 g/mol. The van der Waals surface area contributed by atoms with Gasteiger partial charge in [0.25, 0.3) is 0 Å². The lowest BCUT2D eigenvalue weighted by Crippen LogP contribution is -2.21. The molecule has 4 heteroatoms. The fraction of sp³-hybridized carbons (Fsp3) is 0.455. The fourth-order valence-electron chi connectivity index (χ4n) is 1.37. The summed E-state index contributed by atoms with van der Waals surface area (Å²) in [6.07, 6.45) is 1.53. The van der Waals surface area contributed by atoms with E-state index in [9.17, 15) is 5.11 Å². The van der Waals surface area contributed by atoms with Crippen LogP contribution >= 0.6 is 15.9 Å². The van der Waals surface area contributed by atoms with Crippen LogP contribution in [0, 0.1) is 0 Å². The first-order chi connectivity index (χ1) is 7.08. The van der Waals surface area contributed by atoms with E-state index in [1.807, 2.05) is 13.0 Å². The minimum Gasteiger partial charge on any atom is -0.504 e. The Labute approximate surface area is 98.4 Å². The van der Waals surface area contributed by atoms with Crippen LogP contribution in [0.4, 0.5) is 0 Å². The second kappa shape index (κ2) is 5.37. The molecule has 0 saturated carbocycles. The number of aromatic hydroxyl groups is 1. The Morgan fingerprint density at radius 2 is 2.20 bits per heavy atom. The lowest BCUT2D eigenvalue weighted by atomic mass is 10.0. The zero-order chi connectivity index (χ0) is 11.4. The van der Waals surface area contributed by atoms with E-state index >= 15 is 0 Å². The minimum absolute atomic E-state index is 0.0647. The summed E-state index contributed by atoms with van der Waals surface area (Å²) in [6, 6.07) is 3.67. The number of benzene rings is 1. The Balaban J connectivity index is 3.01. The highest BCUT2D eigenvalue weighted by Gasteiger charge is 2.12. The summed E-state index contributed by atoms with van der Waals surface area (Å²) in [5.74, 6) is 0.660. The van der Waals surface area contributed by atoms with Gasteiger partial charge in [0.2, 0.25) is 0 Å². The molecule has 0 radical (unpaired) electrons. The fourth-order valence-corrected chi connectivity index (χ4v) is 1.85. The van der Waals surface area contributed by atoms with Crippen molar-refractivity contribution in [3.63, 3.8) is 0 Å². The van der Waals surface area contributed by atoms with Crippen LogP contribution in [0.5, 0.6) is 11.5 Å². The van der Waals surface area contributed by atoms with Crippen molar-refractivity contribution in [2.45, 2.75) is 25.8 Å². The SMILES string of the molecule is CCC(N)Cc1cc(Br)cc(OC)c1O. The van der Waals surface area contributed by atoms with Gasteiger partial charge in [-0.25, -0.2) is 0 Å². The third kappa shape index (κ3) is 3.11. The van der Waals surface area contributed by atoms with E-state index in [4.69, 9.17) is 10.5 Å². The molecule has 0 bridgehead atoms. The second-order valence-corrected chi connectivity index (χ2v) is 4.40. The molecule has 0 aliphatic heterocycles. The Morgan fingerprint density at radius 3 is 2.73 bits per heavy atom. The number of nitrogens with two attached hydrogens (primary N) is 1. The third-order valence-electron chi connectivity index (χ3n) is 2.35. The number of hydrogen-bond donors (Lipinski definition) is 2. The Hall–Kier alpha value is -0.740. The van der Waals surface area contributed by atoms with Gasteiger partial charge in [-0.2, -0.15) is 0 Å². The Morgan fingerprint density at radius 1 is 1.53 bits per heavy atom. The number of halogens is 1. The van der Waals surface area contributed by atoms with Gasteiger partial charge in [0, 0.05) is 16.1 Å². The summed E-state index contributed by atoms with van der Waals surface area (Å²) in [7, 11) is 1.53. The summed E-state index contributed by atoms with van der Waals surface area (Å²) < 4.78 is 5.95. The molecule has 3 N–H and O–H groups in total. The lowest BCUT2D eigenvalue weighted by Gasteiger charge is -2.13. The molecule has 0 fully saturated rings. The van der Waals surface area contributed by atoms with Crippen LogP contribution in [0.25, 0.3) is 0 Å². The molecule has 1 aromatic rings. The molecule has 1 unspecified atom stereocenters. The van der Waals surface area contributed by atoms with Crippen LogP contribution in [0.15, 0.2) is 16.6 Å². The number of ether oxygens (including phenoxy) is 1. The van der Waals surface area contributed by atoms with Crippen molar-refractivity contribution in [1.82, 2.24) is 0 Å². The number of methoxy groups -OCH3 is 1. The number of hydrogen-bond acceptors (Lipinski definition) is 3. The van der Waals surface area contributed by atoms with Gasteiger partial charge in [0.05, 0.1) is 7.11 Å². The minimum atomic E-state index is 0.0647. The summed E-state index contributed by atoms with van der Waals surface area (Å²) >= 11 is 3.37. The number of phenolic OH excluding ortho intramolecular Hbond substituents is 1. The molecule has 84 valence electrons. The maximum Gasteiger partial charge on any atom is 0.161 e. The highest BCUT2D eigenvalue weighted by molar-refractivity contribution is 9.10. The van der Waals surface area contributed by atoms with E-state index in [1.54, 1.807) is 6.07 Å². The molecule has 0 amide bonds. The van der Waals surface area contributed by atoms with Crippen molar-refractivity contribution < 1.29 is 9.84 Å². The zero-order valence-electron chi connectivity index (χ0n) is 8.96. The summed E-state index contributed by atoms with van der Waals surface area (Å²) in [4.78, 5) is 0. The van der Waals surface area contributed by atoms with Crippen LogP contribution in [0.1, 0.15) is 18.9 Å². The van der Waals surface area contributed by atoms with E-state index in [1.165, 1.54) is 7.11 Å². The summed E-state index contributed by atoms with van der Waals surface area (Å²) in [6.45, 7) is 2.02. The molecule has 1 aromatic carbocycles. The molecule has 0 spiro atoms. The predicted octanol–water partition coefficient (Wildman–Crippen LogP) is 2.44. The highest BCUT2D eigenvalue weighted by Crippen LogP contribution is 2.34. The van der Waals surface area contributed by atoms with Gasteiger partial charge in [0.15, 0.2) is 11.5 Å². The Kier molecular flexibility index (Phi) is 4.42. The molecule has 1 rings (SSSR count). The van der Waals surface area contributed by atoms with Gasteiger partial charge >= 0.3 is 0 Å². The van der Waals surface area contributed by atoms with Crippen molar-refractivity contribution in [2.75, 3.05) is 7.11 Å². The topological polar surface area (TPSA) is 55.5 Å². The van der Waals surface area contributed by atoms with Crippen LogP contribution in [-0.4, -0.2) is 18.3 Å². The van der Waals surface area contributed by atoms with E-state index in [0.717, 1.165) is 16.5 Å². The predicted molar refractivity (Wildman–Crippen MR) is 64.3 cm³/mol. The van der Waals surface area contributed by atoms with E-state index in [-0.39, 0.29) is 11.8 Å². The molecular formula is C11H16BrNO2. The van der Waals surface area contributed by atoms with E-state index in [0.29, 0.717) is 12.2 Å². The van der Waals surface area contributed by atoms with Crippen LogP contribution < -0.4 is 10.5 Å². The quantitative estimate of drug-likeness (QED) is 0.886. The first kappa shape index (κ1) is 12.3. The number of rotatable bonds is 4. The molecule has 0 aliphatic carbocycles. The molecule has 15 heavy (non-hydrogen) atoms.